The normalized spacial score (nSPS) is 15.2. The molecular formula is C19H20N2O4S. The molecular weight excluding hydrogens is 352 g/mol. The second-order valence-corrected chi connectivity index (χ2v) is 6.84. The van der Waals surface area contributed by atoms with Crippen molar-refractivity contribution >= 4 is 29.3 Å². The zero-order valence-corrected chi connectivity index (χ0v) is 15.2. The van der Waals surface area contributed by atoms with E-state index in [9.17, 15) is 9.59 Å². The fraction of sp³-hybridized carbons (Fsp3) is 0.263. The van der Waals surface area contributed by atoms with Gasteiger partial charge in [-0.3, -0.25) is 9.59 Å². The number of carbonyl (C=O) groups is 2. The summed E-state index contributed by atoms with van der Waals surface area (Å²) in [4.78, 5) is 24.0. The Hall–Kier alpha value is -2.67. The molecule has 1 aliphatic rings. The predicted molar refractivity (Wildman–Crippen MR) is 101 cm³/mol. The molecule has 136 valence electrons. The number of hydrogen-bond acceptors (Lipinski definition) is 5. The number of nitrogens with one attached hydrogen (secondary N) is 2. The lowest BCUT2D eigenvalue weighted by atomic mass is 10.2. The van der Waals surface area contributed by atoms with Crippen molar-refractivity contribution in [2.75, 3.05) is 24.2 Å². The molecule has 0 spiro atoms. The average Bonchev–Trinajstić information content (AvgIpc) is 2.65. The summed E-state index contributed by atoms with van der Waals surface area (Å²) in [6.07, 6.45) is -0.198. The zero-order chi connectivity index (χ0) is 18.4. The summed E-state index contributed by atoms with van der Waals surface area (Å²) in [5, 5.41) is 5.58. The highest BCUT2D eigenvalue weighted by Crippen LogP contribution is 2.30. The van der Waals surface area contributed by atoms with Gasteiger partial charge in [0.2, 0.25) is 11.8 Å². The Kier molecular flexibility index (Phi) is 6.01. The minimum Gasteiger partial charge on any atom is -0.486 e. The second-order valence-electron chi connectivity index (χ2n) is 5.80. The van der Waals surface area contributed by atoms with Crippen LogP contribution in [0.5, 0.6) is 11.5 Å². The van der Waals surface area contributed by atoms with E-state index in [1.54, 1.807) is 0 Å². The highest BCUT2D eigenvalue weighted by atomic mass is 32.2. The van der Waals surface area contributed by atoms with Crippen LogP contribution >= 0.6 is 11.8 Å². The van der Waals surface area contributed by atoms with Crippen molar-refractivity contribution in [3.63, 3.8) is 0 Å². The first-order valence-electron chi connectivity index (χ1n) is 8.26. The minimum absolute atomic E-state index is 0.0663. The van der Waals surface area contributed by atoms with Crippen molar-refractivity contribution in [2.24, 2.45) is 0 Å². The topological polar surface area (TPSA) is 76.7 Å². The van der Waals surface area contributed by atoms with Gasteiger partial charge in [-0.1, -0.05) is 12.1 Å². The summed E-state index contributed by atoms with van der Waals surface area (Å²) in [5.41, 5.74) is 0.737. The SMILES string of the molecule is CC(=O)Nc1ccc(SCC(=O)NCC2COc3ccccc3O2)cc1. The quantitative estimate of drug-likeness (QED) is 0.763. The number of ether oxygens (including phenoxy) is 2. The summed E-state index contributed by atoms with van der Waals surface area (Å²) in [5.74, 6) is 1.56. The van der Waals surface area contributed by atoms with E-state index in [4.69, 9.17) is 9.47 Å². The standard InChI is InChI=1S/C19H20N2O4S/c1-13(22)21-14-6-8-16(9-7-14)26-12-19(23)20-10-15-11-24-17-4-2-3-5-18(17)25-15/h2-9,15H,10-12H2,1H3,(H,20,23)(H,21,22). The van der Waals surface area contributed by atoms with Gasteiger partial charge in [-0.15, -0.1) is 11.8 Å². The summed E-state index contributed by atoms with van der Waals surface area (Å²) in [6, 6.07) is 14.9. The third-order valence-electron chi connectivity index (χ3n) is 3.64. The van der Waals surface area contributed by atoms with E-state index in [1.807, 2.05) is 48.5 Å². The summed E-state index contributed by atoms with van der Waals surface area (Å²) in [7, 11) is 0. The number of carbonyl (C=O) groups excluding carboxylic acids is 2. The number of rotatable bonds is 6. The van der Waals surface area contributed by atoms with Crippen LogP contribution in [0.15, 0.2) is 53.4 Å². The Labute approximate surface area is 156 Å². The number of fused-ring (bicyclic) bond motifs is 1. The van der Waals surface area contributed by atoms with E-state index in [1.165, 1.54) is 18.7 Å². The molecule has 0 aromatic heterocycles. The summed E-state index contributed by atoms with van der Waals surface area (Å²) in [6.45, 7) is 2.27. The molecule has 2 amide bonds. The molecule has 0 saturated carbocycles. The molecule has 1 unspecified atom stereocenters. The minimum atomic E-state index is -0.198. The van der Waals surface area contributed by atoms with Gasteiger partial charge < -0.3 is 20.1 Å². The monoisotopic (exact) mass is 372 g/mol. The molecule has 0 fully saturated rings. The van der Waals surface area contributed by atoms with Crippen molar-refractivity contribution in [3.8, 4) is 11.5 Å². The van der Waals surface area contributed by atoms with Crippen molar-refractivity contribution in [3.05, 3.63) is 48.5 Å². The fourth-order valence-electron chi connectivity index (χ4n) is 2.43. The van der Waals surface area contributed by atoms with Crippen LogP contribution in [-0.2, 0) is 9.59 Å². The molecule has 2 N–H and O–H groups in total. The van der Waals surface area contributed by atoms with Crippen LogP contribution in [0.1, 0.15) is 6.92 Å². The van der Waals surface area contributed by atoms with E-state index in [0.717, 1.165) is 16.3 Å². The Morgan fingerprint density at radius 3 is 2.58 bits per heavy atom. The van der Waals surface area contributed by atoms with Gasteiger partial charge in [0.25, 0.3) is 0 Å². The Bertz CT molecular complexity index is 779. The third kappa shape index (κ3) is 5.16. The highest BCUT2D eigenvalue weighted by molar-refractivity contribution is 8.00. The van der Waals surface area contributed by atoms with Crippen LogP contribution in [0, 0.1) is 0 Å². The van der Waals surface area contributed by atoms with Crippen LogP contribution in [0.2, 0.25) is 0 Å². The Morgan fingerprint density at radius 1 is 1.12 bits per heavy atom. The van der Waals surface area contributed by atoms with Crippen LogP contribution in [0.3, 0.4) is 0 Å². The van der Waals surface area contributed by atoms with Crippen molar-refractivity contribution < 1.29 is 19.1 Å². The van der Waals surface area contributed by atoms with Crippen LogP contribution in [-0.4, -0.2) is 36.8 Å². The maximum absolute atomic E-state index is 12.0. The smallest absolute Gasteiger partial charge is 0.230 e. The van der Waals surface area contributed by atoms with Crippen LogP contribution in [0.25, 0.3) is 0 Å². The first kappa shape index (κ1) is 18.1. The van der Waals surface area contributed by atoms with Gasteiger partial charge in [-0.05, 0) is 36.4 Å². The second kappa shape index (κ2) is 8.62. The number of thioether (sulfide) groups is 1. The van der Waals surface area contributed by atoms with Crippen molar-refractivity contribution in [1.82, 2.24) is 5.32 Å². The molecule has 3 rings (SSSR count). The largest absolute Gasteiger partial charge is 0.486 e. The molecule has 0 bridgehead atoms. The van der Waals surface area contributed by atoms with Gasteiger partial charge in [0.15, 0.2) is 11.5 Å². The van der Waals surface area contributed by atoms with Gasteiger partial charge in [0.05, 0.1) is 12.3 Å². The first-order chi connectivity index (χ1) is 12.6. The molecule has 0 radical (unpaired) electrons. The average molecular weight is 372 g/mol. The molecule has 1 aliphatic heterocycles. The zero-order valence-electron chi connectivity index (χ0n) is 14.4. The molecule has 0 aliphatic carbocycles. The summed E-state index contributed by atoms with van der Waals surface area (Å²) < 4.78 is 11.4. The number of benzene rings is 2. The van der Waals surface area contributed by atoms with E-state index < -0.39 is 0 Å². The van der Waals surface area contributed by atoms with Gasteiger partial charge in [0.1, 0.15) is 12.7 Å². The van der Waals surface area contributed by atoms with Crippen molar-refractivity contribution in [2.45, 2.75) is 17.9 Å². The van der Waals surface area contributed by atoms with E-state index in [-0.39, 0.29) is 17.9 Å². The maximum Gasteiger partial charge on any atom is 0.230 e. The van der Waals surface area contributed by atoms with Gasteiger partial charge in [0, 0.05) is 17.5 Å². The molecule has 26 heavy (non-hydrogen) atoms. The van der Waals surface area contributed by atoms with E-state index in [2.05, 4.69) is 10.6 Å². The van der Waals surface area contributed by atoms with E-state index >= 15 is 0 Å². The lowest BCUT2D eigenvalue weighted by molar-refractivity contribution is -0.119. The number of anilines is 1. The number of para-hydroxylation sites is 2. The Balaban J connectivity index is 1.40. The first-order valence-corrected chi connectivity index (χ1v) is 9.24. The molecule has 2 aromatic carbocycles. The number of hydrogen-bond donors (Lipinski definition) is 2. The molecule has 2 aromatic rings. The van der Waals surface area contributed by atoms with Crippen LogP contribution < -0.4 is 20.1 Å². The van der Waals surface area contributed by atoms with E-state index in [0.29, 0.717) is 24.7 Å². The lowest BCUT2D eigenvalue weighted by Crippen LogP contribution is -2.41. The third-order valence-corrected chi connectivity index (χ3v) is 4.65. The summed E-state index contributed by atoms with van der Waals surface area (Å²) >= 11 is 1.43. The number of amides is 2. The molecule has 7 heteroatoms. The predicted octanol–water partition coefficient (Wildman–Crippen LogP) is 2.69. The highest BCUT2D eigenvalue weighted by Gasteiger charge is 2.20. The maximum atomic E-state index is 12.0. The van der Waals surface area contributed by atoms with Crippen LogP contribution in [0.4, 0.5) is 5.69 Å². The lowest BCUT2D eigenvalue weighted by Gasteiger charge is -2.26. The van der Waals surface area contributed by atoms with Gasteiger partial charge >= 0.3 is 0 Å². The fourth-order valence-corrected chi connectivity index (χ4v) is 3.16. The molecule has 1 heterocycles. The van der Waals surface area contributed by atoms with Gasteiger partial charge in [-0.25, -0.2) is 0 Å². The molecule has 0 saturated heterocycles. The van der Waals surface area contributed by atoms with Gasteiger partial charge in [-0.2, -0.15) is 0 Å². The Morgan fingerprint density at radius 2 is 1.85 bits per heavy atom. The molecule has 1 atom stereocenters. The van der Waals surface area contributed by atoms with Crippen molar-refractivity contribution in [1.29, 1.82) is 0 Å². The molecule has 6 nitrogen and oxygen atoms in total.